The predicted octanol–water partition coefficient (Wildman–Crippen LogP) is 2.77. The number of hydrogen-bond donors (Lipinski definition) is 3. The monoisotopic (exact) mass is 408 g/mol. The molecule has 3 N–H and O–H groups in total. The molecule has 0 saturated carbocycles. The Labute approximate surface area is 168 Å². The highest BCUT2D eigenvalue weighted by molar-refractivity contribution is 5.38. The van der Waals surface area contributed by atoms with E-state index in [1.165, 1.54) is 0 Å². The van der Waals surface area contributed by atoms with Crippen LogP contribution < -0.4 is 4.74 Å². The van der Waals surface area contributed by atoms with Crippen LogP contribution in [0.15, 0.2) is 42.5 Å². The number of alkyl halides is 2. The summed E-state index contributed by atoms with van der Waals surface area (Å²) in [5.74, 6) is -2.95. The average Bonchev–Trinajstić information content (AvgIpc) is 2.70. The molecule has 0 unspecified atom stereocenters. The second kappa shape index (κ2) is 8.75. The van der Waals surface area contributed by atoms with Gasteiger partial charge in [-0.15, -0.1) is 0 Å². The third kappa shape index (κ3) is 4.43. The number of ether oxygens (including phenoxy) is 2. The summed E-state index contributed by atoms with van der Waals surface area (Å²) in [6.45, 7) is 3.48. The molecule has 1 fully saturated rings. The van der Waals surface area contributed by atoms with Crippen LogP contribution >= 0.6 is 0 Å². The van der Waals surface area contributed by atoms with E-state index in [0.29, 0.717) is 18.6 Å². The fraction of sp³-hybridized carbons (Fsp3) is 0.455. The van der Waals surface area contributed by atoms with Crippen molar-refractivity contribution in [2.24, 2.45) is 0 Å². The van der Waals surface area contributed by atoms with Crippen molar-refractivity contribution < 1.29 is 33.6 Å². The van der Waals surface area contributed by atoms with Gasteiger partial charge in [0.15, 0.2) is 0 Å². The van der Waals surface area contributed by atoms with Gasteiger partial charge in [0.1, 0.15) is 30.2 Å². The summed E-state index contributed by atoms with van der Waals surface area (Å²) in [6.07, 6.45) is -6.59. The van der Waals surface area contributed by atoms with Crippen LogP contribution in [0.3, 0.4) is 0 Å². The Morgan fingerprint density at radius 3 is 2.41 bits per heavy atom. The molecule has 2 aromatic carbocycles. The van der Waals surface area contributed by atoms with Gasteiger partial charge in [-0.25, -0.2) is 8.78 Å². The fourth-order valence-corrected chi connectivity index (χ4v) is 3.52. The Morgan fingerprint density at radius 1 is 1.10 bits per heavy atom. The number of aliphatic hydroxyl groups excluding tert-OH is 3. The summed E-state index contributed by atoms with van der Waals surface area (Å²) in [5, 5.41) is 29.3. The van der Waals surface area contributed by atoms with Crippen LogP contribution in [0.25, 0.3) is 0 Å². The zero-order chi connectivity index (χ0) is 21.2. The van der Waals surface area contributed by atoms with Crippen molar-refractivity contribution >= 4 is 0 Å². The first-order chi connectivity index (χ1) is 13.8. The minimum Gasteiger partial charge on any atom is -0.494 e. The first kappa shape index (κ1) is 21.6. The smallest absolute Gasteiger partial charge is 0.303 e. The van der Waals surface area contributed by atoms with Crippen molar-refractivity contribution in [3.05, 3.63) is 64.7 Å². The van der Waals surface area contributed by atoms with Gasteiger partial charge in [-0.05, 0) is 54.7 Å². The lowest BCUT2D eigenvalue weighted by Gasteiger charge is -2.42. The van der Waals surface area contributed by atoms with Gasteiger partial charge in [0.25, 0.3) is 0 Å². The van der Waals surface area contributed by atoms with Crippen LogP contribution in [0.2, 0.25) is 0 Å². The molecule has 4 atom stereocenters. The third-order valence-electron chi connectivity index (χ3n) is 5.26. The topological polar surface area (TPSA) is 79.2 Å². The minimum atomic E-state index is -3.74. The van der Waals surface area contributed by atoms with Crippen molar-refractivity contribution in [3.63, 3.8) is 0 Å². The van der Waals surface area contributed by atoms with Gasteiger partial charge < -0.3 is 24.8 Å². The standard InChI is InChI=1S/C22H26F2O5/c1-3-28-17-8-5-14(6-9-17)10-16-11-15(7-4-13(16)2)20-19(26)21(27)22(23,24)18(12-25)29-20/h4-9,11,18-21,25-27H,3,10,12H2,1-2H3/t18-,19+,20+,21-/m1/s1. The number of aryl methyl sites for hydroxylation is 1. The molecule has 3 rings (SSSR count). The quantitative estimate of drug-likeness (QED) is 0.685. The summed E-state index contributed by atoms with van der Waals surface area (Å²) in [5.41, 5.74) is 3.45. The highest BCUT2D eigenvalue weighted by Crippen LogP contribution is 2.41. The highest BCUT2D eigenvalue weighted by atomic mass is 19.3. The number of hydrogen-bond acceptors (Lipinski definition) is 5. The van der Waals surface area contributed by atoms with E-state index in [1.54, 1.807) is 12.1 Å². The zero-order valence-electron chi connectivity index (χ0n) is 16.4. The fourth-order valence-electron chi connectivity index (χ4n) is 3.52. The molecule has 1 saturated heterocycles. The molecular formula is C22H26F2O5. The Balaban J connectivity index is 1.84. The van der Waals surface area contributed by atoms with E-state index >= 15 is 0 Å². The summed E-state index contributed by atoms with van der Waals surface area (Å²) in [6, 6.07) is 13.0. The van der Waals surface area contributed by atoms with E-state index in [0.717, 1.165) is 22.4 Å². The molecule has 0 spiro atoms. The molecule has 2 aromatic rings. The average molecular weight is 408 g/mol. The molecule has 0 bridgehead atoms. The first-order valence-corrected chi connectivity index (χ1v) is 9.59. The lowest BCUT2D eigenvalue weighted by molar-refractivity contribution is -0.296. The van der Waals surface area contributed by atoms with E-state index in [-0.39, 0.29) is 0 Å². The van der Waals surface area contributed by atoms with Crippen LogP contribution in [0, 0.1) is 6.92 Å². The van der Waals surface area contributed by atoms with Crippen molar-refractivity contribution in [2.45, 2.75) is 50.6 Å². The second-order valence-corrected chi connectivity index (χ2v) is 7.28. The number of aliphatic hydroxyl groups is 3. The molecule has 29 heavy (non-hydrogen) atoms. The zero-order valence-corrected chi connectivity index (χ0v) is 16.4. The molecule has 0 amide bonds. The lowest BCUT2D eigenvalue weighted by atomic mass is 9.88. The number of benzene rings is 2. The van der Waals surface area contributed by atoms with Crippen LogP contribution in [0.5, 0.6) is 5.75 Å². The van der Waals surface area contributed by atoms with E-state index < -0.39 is 36.9 Å². The summed E-state index contributed by atoms with van der Waals surface area (Å²) < 4.78 is 38.8. The first-order valence-electron chi connectivity index (χ1n) is 9.59. The molecule has 158 valence electrons. The van der Waals surface area contributed by atoms with Crippen molar-refractivity contribution in [1.82, 2.24) is 0 Å². The van der Waals surface area contributed by atoms with E-state index in [4.69, 9.17) is 9.47 Å². The van der Waals surface area contributed by atoms with Crippen molar-refractivity contribution in [3.8, 4) is 5.75 Å². The van der Waals surface area contributed by atoms with E-state index in [1.807, 2.05) is 44.2 Å². The Kier molecular flexibility index (Phi) is 6.53. The number of halogens is 2. The highest BCUT2D eigenvalue weighted by Gasteiger charge is 2.57. The molecule has 0 aromatic heterocycles. The maximum Gasteiger partial charge on any atom is 0.303 e. The minimum absolute atomic E-state index is 0.469. The lowest BCUT2D eigenvalue weighted by Crippen LogP contribution is -2.59. The molecule has 0 aliphatic carbocycles. The summed E-state index contributed by atoms with van der Waals surface area (Å²) in [7, 11) is 0. The summed E-state index contributed by atoms with van der Waals surface area (Å²) in [4.78, 5) is 0. The van der Waals surface area contributed by atoms with Gasteiger partial charge in [-0.2, -0.15) is 0 Å². The molecular weight excluding hydrogens is 382 g/mol. The molecule has 1 aliphatic heterocycles. The second-order valence-electron chi connectivity index (χ2n) is 7.28. The predicted molar refractivity (Wildman–Crippen MR) is 103 cm³/mol. The van der Waals surface area contributed by atoms with Crippen LogP contribution in [0.4, 0.5) is 8.78 Å². The van der Waals surface area contributed by atoms with Gasteiger partial charge in [-0.3, -0.25) is 0 Å². The molecule has 1 aliphatic rings. The van der Waals surface area contributed by atoms with Gasteiger partial charge in [-0.1, -0.05) is 30.3 Å². The van der Waals surface area contributed by atoms with Gasteiger partial charge in [0, 0.05) is 0 Å². The Bertz CT molecular complexity index is 820. The Hall–Kier alpha value is -2.06. The number of rotatable bonds is 6. The van der Waals surface area contributed by atoms with Crippen molar-refractivity contribution in [1.29, 1.82) is 0 Å². The Morgan fingerprint density at radius 2 is 1.79 bits per heavy atom. The molecule has 0 radical (unpaired) electrons. The van der Waals surface area contributed by atoms with Crippen molar-refractivity contribution in [2.75, 3.05) is 13.2 Å². The van der Waals surface area contributed by atoms with Crippen LogP contribution in [-0.2, 0) is 11.2 Å². The van der Waals surface area contributed by atoms with Crippen LogP contribution in [0.1, 0.15) is 35.3 Å². The summed E-state index contributed by atoms with van der Waals surface area (Å²) >= 11 is 0. The molecule has 5 nitrogen and oxygen atoms in total. The van der Waals surface area contributed by atoms with Gasteiger partial charge in [0.05, 0.1) is 13.2 Å². The van der Waals surface area contributed by atoms with Gasteiger partial charge in [0.2, 0.25) is 0 Å². The van der Waals surface area contributed by atoms with Crippen LogP contribution in [-0.4, -0.2) is 52.8 Å². The SMILES string of the molecule is CCOc1ccc(Cc2cc([C@@H]3O[C@H](CO)C(F)(F)[C@H](O)[C@H]3O)ccc2C)cc1. The maximum absolute atomic E-state index is 14.0. The molecule has 7 heteroatoms. The largest absolute Gasteiger partial charge is 0.494 e. The van der Waals surface area contributed by atoms with Gasteiger partial charge >= 0.3 is 5.92 Å². The van der Waals surface area contributed by atoms with E-state index in [2.05, 4.69) is 0 Å². The normalized spacial score (nSPS) is 26.3. The molecule has 1 heterocycles. The maximum atomic E-state index is 14.0. The third-order valence-corrected chi connectivity index (χ3v) is 5.26. The van der Waals surface area contributed by atoms with E-state index in [9.17, 15) is 24.1 Å².